The van der Waals surface area contributed by atoms with Gasteiger partial charge in [-0.05, 0) is 36.8 Å². The molecule has 0 saturated heterocycles. The van der Waals surface area contributed by atoms with Gasteiger partial charge in [-0.3, -0.25) is 0 Å². The van der Waals surface area contributed by atoms with Gasteiger partial charge in [0.15, 0.2) is 11.5 Å². The number of halogens is 1. The van der Waals surface area contributed by atoms with Gasteiger partial charge in [0.25, 0.3) is 0 Å². The summed E-state index contributed by atoms with van der Waals surface area (Å²) in [5.74, 6) is -0.178. The summed E-state index contributed by atoms with van der Waals surface area (Å²) in [6.45, 7) is 2.45. The predicted molar refractivity (Wildman–Crippen MR) is 89.7 cm³/mol. The van der Waals surface area contributed by atoms with Crippen molar-refractivity contribution in [3.63, 3.8) is 0 Å². The van der Waals surface area contributed by atoms with Crippen molar-refractivity contribution in [2.75, 3.05) is 6.61 Å². The zero-order valence-electron chi connectivity index (χ0n) is 12.9. The van der Waals surface area contributed by atoms with Crippen LogP contribution in [0.5, 0.6) is 11.5 Å². The summed E-state index contributed by atoms with van der Waals surface area (Å²) in [7, 11) is 0. The number of hydrogen-bond donors (Lipinski definition) is 2. The maximum atomic E-state index is 10.8. The number of aromatic carboxylic acids is 1. The van der Waals surface area contributed by atoms with Crippen LogP contribution >= 0.6 is 11.6 Å². The third-order valence-electron chi connectivity index (χ3n) is 3.12. The summed E-state index contributed by atoms with van der Waals surface area (Å²) < 4.78 is 11.2. The summed E-state index contributed by atoms with van der Waals surface area (Å²) in [5.41, 5.74) is 1.57. The molecule has 0 heterocycles. The smallest absolute Gasteiger partial charge is 0.335 e. The quantitative estimate of drug-likeness (QED) is 0.450. The van der Waals surface area contributed by atoms with E-state index in [-0.39, 0.29) is 12.2 Å². The van der Waals surface area contributed by atoms with Gasteiger partial charge in [-0.15, -0.1) is 0 Å². The lowest BCUT2D eigenvalue weighted by Gasteiger charge is -2.14. The largest absolute Gasteiger partial charge is 0.490 e. The molecule has 2 aromatic carbocycles. The first-order valence-electron chi connectivity index (χ1n) is 7.14. The molecule has 0 fully saturated rings. The van der Waals surface area contributed by atoms with Crippen LogP contribution in [0.3, 0.4) is 0 Å². The summed E-state index contributed by atoms with van der Waals surface area (Å²) in [5, 5.41) is 20.8. The van der Waals surface area contributed by atoms with Crippen LogP contribution in [0.15, 0.2) is 41.6 Å². The molecule has 2 aromatic rings. The Kier molecular flexibility index (Phi) is 6.03. The fourth-order valence-electron chi connectivity index (χ4n) is 2.03. The van der Waals surface area contributed by atoms with Crippen LogP contribution in [-0.2, 0) is 6.61 Å². The molecule has 0 spiro atoms. The Hall–Kier alpha value is -2.73. The first-order valence-corrected chi connectivity index (χ1v) is 7.51. The van der Waals surface area contributed by atoms with E-state index < -0.39 is 5.97 Å². The highest BCUT2D eigenvalue weighted by molar-refractivity contribution is 6.32. The number of oxime groups is 1. The van der Waals surface area contributed by atoms with Gasteiger partial charge >= 0.3 is 5.97 Å². The van der Waals surface area contributed by atoms with E-state index in [1.807, 2.05) is 6.92 Å². The monoisotopic (exact) mass is 349 g/mol. The zero-order valence-corrected chi connectivity index (χ0v) is 13.7. The van der Waals surface area contributed by atoms with Gasteiger partial charge in [-0.2, -0.15) is 0 Å². The fraction of sp³-hybridized carbons (Fsp3) is 0.176. The molecule has 126 valence electrons. The van der Waals surface area contributed by atoms with Gasteiger partial charge in [0.05, 0.1) is 23.4 Å². The Morgan fingerprint density at radius 3 is 2.54 bits per heavy atom. The summed E-state index contributed by atoms with van der Waals surface area (Å²) in [6, 6.07) is 9.60. The SMILES string of the molecule is CCOc1cc(C=NO)cc(Cl)c1OCc1ccc(C(=O)O)cc1. The average molecular weight is 350 g/mol. The van der Waals surface area contributed by atoms with Crippen LogP contribution in [0.4, 0.5) is 0 Å². The molecule has 0 radical (unpaired) electrons. The standard InChI is InChI=1S/C17H16ClNO5/c1-2-23-15-8-12(9-19-22)7-14(18)16(15)24-10-11-3-5-13(6-4-11)17(20)21/h3-9,22H,2,10H2,1H3,(H,20,21). The fourth-order valence-corrected chi connectivity index (χ4v) is 2.30. The summed E-state index contributed by atoms with van der Waals surface area (Å²) in [6.07, 6.45) is 1.24. The first kappa shape index (κ1) is 17.6. The summed E-state index contributed by atoms with van der Waals surface area (Å²) >= 11 is 6.21. The van der Waals surface area contributed by atoms with E-state index in [0.29, 0.717) is 28.7 Å². The predicted octanol–water partition coefficient (Wildman–Crippen LogP) is 3.82. The highest BCUT2D eigenvalue weighted by Gasteiger charge is 2.13. The highest BCUT2D eigenvalue weighted by Crippen LogP contribution is 2.36. The van der Waals surface area contributed by atoms with Gasteiger partial charge in [0.1, 0.15) is 6.61 Å². The second kappa shape index (κ2) is 8.21. The number of carboxylic acids is 1. The number of hydrogen-bond acceptors (Lipinski definition) is 5. The molecule has 0 aromatic heterocycles. The molecule has 0 aliphatic heterocycles. The van der Waals surface area contributed by atoms with Gasteiger partial charge in [-0.25, -0.2) is 4.79 Å². The minimum atomic E-state index is -0.981. The lowest BCUT2D eigenvalue weighted by molar-refractivity contribution is 0.0697. The normalized spacial score (nSPS) is 10.8. The van der Waals surface area contributed by atoms with Crippen molar-refractivity contribution in [2.24, 2.45) is 5.16 Å². The number of ether oxygens (including phenoxy) is 2. The number of carboxylic acid groups (broad SMARTS) is 1. The molecule has 0 atom stereocenters. The van der Waals surface area contributed by atoms with E-state index in [1.165, 1.54) is 18.3 Å². The van der Waals surface area contributed by atoms with E-state index in [2.05, 4.69) is 5.16 Å². The van der Waals surface area contributed by atoms with Crippen LogP contribution in [0.25, 0.3) is 0 Å². The van der Waals surface area contributed by atoms with E-state index in [1.54, 1.807) is 24.3 Å². The number of rotatable bonds is 7. The highest BCUT2D eigenvalue weighted by atomic mass is 35.5. The third kappa shape index (κ3) is 4.39. The molecule has 6 nitrogen and oxygen atoms in total. The van der Waals surface area contributed by atoms with Gasteiger partial charge in [-0.1, -0.05) is 28.9 Å². The molecule has 24 heavy (non-hydrogen) atoms. The molecule has 0 bridgehead atoms. The maximum absolute atomic E-state index is 10.8. The molecule has 0 aliphatic carbocycles. The van der Waals surface area contributed by atoms with Crippen LogP contribution in [0.1, 0.15) is 28.4 Å². The Labute approximate surface area is 143 Å². The molecule has 2 N–H and O–H groups in total. The van der Waals surface area contributed by atoms with Crippen LogP contribution < -0.4 is 9.47 Å². The average Bonchev–Trinajstić information content (AvgIpc) is 2.55. The molecule has 7 heteroatoms. The lowest BCUT2D eigenvalue weighted by atomic mass is 10.1. The van der Waals surface area contributed by atoms with Crippen molar-refractivity contribution >= 4 is 23.8 Å². The van der Waals surface area contributed by atoms with Crippen molar-refractivity contribution in [3.8, 4) is 11.5 Å². The number of benzene rings is 2. The molecule has 0 saturated carbocycles. The van der Waals surface area contributed by atoms with Crippen molar-refractivity contribution in [3.05, 3.63) is 58.1 Å². The Morgan fingerprint density at radius 1 is 1.25 bits per heavy atom. The second-order valence-electron chi connectivity index (χ2n) is 4.80. The zero-order chi connectivity index (χ0) is 17.5. The van der Waals surface area contributed by atoms with Crippen molar-refractivity contribution in [1.82, 2.24) is 0 Å². The third-order valence-corrected chi connectivity index (χ3v) is 3.40. The number of nitrogens with zero attached hydrogens (tertiary/aromatic N) is 1. The van der Waals surface area contributed by atoms with Gasteiger partial charge in [0, 0.05) is 5.56 Å². The molecular formula is C17H16ClNO5. The van der Waals surface area contributed by atoms with E-state index >= 15 is 0 Å². The van der Waals surface area contributed by atoms with Gasteiger partial charge < -0.3 is 19.8 Å². The minimum absolute atomic E-state index is 0.202. The second-order valence-corrected chi connectivity index (χ2v) is 5.21. The Balaban J connectivity index is 2.20. The number of carbonyl (C=O) groups is 1. The molecular weight excluding hydrogens is 334 g/mol. The van der Waals surface area contributed by atoms with Crippen LogP contribution in [0.2, 0.25) is 5.02 Å². The summed E-state index contributed by atoms with van der Waals surface area (Å²) in [4.78, 5) is 10.8. The Morgan fingerprint density at radius 2 is 1.96 bits per heavy atom. The molecule has 0 unspecified atom stereocenters. The first-order chi connectivity index (χ1) is 11.5. The van der Waals surface area contributed by atoms with Crippen molar-refractivity contribution in [1.29, 1.82) is 0 Å². The van der Waals surface area contributed by atoms with Crippen LogP contribution in [-0.4, -0.2) is 29.1 Å². The topological polar surface area (TPSA) is 88.4 Å². The molecule has 0 aliphatic rings. The van der Waals surface area contributed by atoms with E-state index in [9.17, 15) is 4.79 Å². The maximum Gasteiger partial charge on any atom is 0.335 e. The molecule has 2 rings (SSSR count). The Bertz CT molecular complexity index is 743. The van der Waals surface area contributed by atoms with Gasteiger partial charge in [0.2, 0.25) is 0 Å². The minimum Gasteiger partial charge on any atom is -0.490 e. The lowest BCUT2D eigenvalue weighted by Crippen LogP contribution is -2.02. The van der Waals surface area contributed by atoms with E-state index in [4.69, 9.17) is 31.4 Å². The molecule has 0 amide bonds. The van der Waals surface area contributed by atoms with Crippen molar-refractivity contribution in [2.45, 2.75) is 13.5 Å². The van der Waals surface area contributed by atoms with Crippen LogP contribution in [0, 0.1) is 0 Å². The van der Waals surface area contributed by atoms with E-state index in [0.717, 1.165) is 5.56 Å². The van der Waals surface area contributed by atoms with Crippen molar-refractivity contribution < 1.29 is 24.6 Å².